The van der Waals surface area contributed by atoms with Crippen molar-refractivity contribution in [2.45, 2.75) is 18.7 Å². The monoisotopic (exact) mass is 316 g/mol. The van der Waals surface area contributed by atoms with Crippen LogP contribution in [0.25, 0.3) is 0 Å². The highest BCUT2D eigenvalue weighted by Gasteiger charge is 2.18. The summed E-state index contributed by atoms with van der Waals surface area (Å²) < 4.78 is 32.7. The summed E-state index contributed by atoms with van der Waals surface area (Å²) >= 11 is 0. The van der Waals surface area contributed by atoms with E-state index in [2.05, 4.69) is 4.72 Å². The molecule has 0 unspecified atom stereocenters. The average molecular weight is 316 g/mol. The molecule has 22 heavy (non-hydrogen) atoms. The topological polar surface area (TPSA) is 79.2 Å². The zero-order valence-corrected chi connectivity index (χ0v) is 13.1. The van der Waals surface area contributed by atoms with E-state index in [0.717, 1.165) is 5.56 Å². The maximum absolute atomic E-state index is 12.4. The minimum atomic E-state index is -3.81. The Morgan fingerprint density at radius 3 is 2.59 bits per heavy atom. The quantitative estimate of drug-likeness (QED) is 0.919. The van der Waals surface area contributed by atoms with Gasteiger partial charge in [-0.1, -0.05) is 12.1 Å². The van der Waals surface area contributed by atoms with Crippen molar-refractivity contribution in [1.82, 2.24) is 0 Å². The van der Waals surface area contributed by atoms with Crippen LogP contribution in [0.15, 0.2) is 47.4 Å². The van der Waals surface area contributed by atoms with E-state index >= 15 is 0 Å². The Hall–Kier alpha value is -2.52. The van der Waals surface area contributed by atoms with E-state index in [9.17, 15) is 8.42 Å². The standard InChI is InChI=1S/C16H16N2O3S/c1-3-21-15-9-8-14(10-12(15)2)18-22(19,20)16-7-5-4-6-13(16)11-17/h4-10,18H,3H2,1-2H3. The van der Waals surface area contributed by atoms with E-state index in [1.54, 1.807) is 30.3 Å². The normalized spacial score (nSPS) is 10.8. The highest BCUT2D eigenvalue weighted by Crippen LogP contribution is 2.24. The van der Waals surface area contributed by atoms with E-state index in [0.29, 0.717) is 18.0 Å². The molecule has 114 valence electrons. The lowest BCUT2D eigenvalue weighted by molar-refractivity contribution is 0.338. The fourth-order valence-electron chi connectivity index (χ4n) is 2.03. The lowest BCUT2D eigenvalue weighted by Crippen LogP contribution is -2.14. The number of hydrogen-bond acceptors (Lipinski definition) is 4. The number of anilines is 1. The van der Waals surface area contributed by atoms with Gasteiger partial charge in [-0.25, -0.2) is 8.42 Å². The largest absolute Gasteiger partial charge is 0.494 e. The second kappa shape index (κ2) is 6.50. The van der Waals surface area contributed by atoms with Crippen molar-refractivity contribution in [3.63, 3.8) is 0 Å². The first-order chi connectivity index (χ1) is 10.5. The van der Waals surface area contributed by atoms with Gasteiger partial charge >= 0.3 is 0 Å². The van der Waals surface area contributed by atoms with Crippen LogP contribution in [0.5, 0.6) is 5.75 Å². The Kier molecular flexibility index (Phi) is 4.68. The summed E-state index contributed by atoms with van der Waals surface area (Å²) in [6.45, 7) is 4.27. The molecule has 2 aromatic rings. The minimum Gasteiger partial charge on any atom is -0.494 e. The molecule has 1 N–H and O–H groups in total. The van der Waals surface area contributed by atoms with Crippen molar-refractivity contribution >= 4 is 15.7 Å². The molecular formula is C16H16N2O3S. The second-order valence-electron chi connectivity index (χ2n) is 4.63. The predicted octanol–water partition coefficient (Wildman–Crippen LogP) is 3.07. The van der Waals surface area contributed by atoms with Crippen LogP contribution in [0, 0.1) is 18.3 Å². The number of nitriles is 1. The third-order valence-electron chi connectivity index (χ3n) is 3.02. The molecule has 0 bridgehead atoms. The molecule has 0 saturated heterocycles. The number of hydrogen-bond donors (Lipinski definition) is 1. The summed E-state index contributed by atoms with van der Waals surface area (Å²) in [7, 11) is -3.81. The summed E-state index contributed by atoms with van der Waals surface area (Å²) in [6.07, 6.45) is 0. The Bertz CT molecular complexity index is 824. The van der Waals surface area contributed by atoms with Crippen LogP contribution < -0.4 is 9.46 Å². The van der Waals surface area contributed by atoms with Crippen LogP contribution in [-0.2, 0) is 10.0 Å². The number of aryl methyl sites for hydroxylation is 1. The van der Waals surface area contributed by atoms with Crippen LogP contribution in [-0.4, -0.2) is 15.0 Å². The zero-order chi connectivity index (χ0) is 16.2. The first kappa shape index (κ1) is 15.9. The van der Waals surface area contributed by atoms with Crippen molar-refractivity contribution in [2.24, 2.45) is 0 Å². The molecule has 0 aromatic heterocycles. The van der Waals surface area contributed by atoms with Gasteiger partial charge < -0.3 is 4.74 Å². The Morgan fingerprint density at radius 1 is 1.23 bits per heavy atom. The molecule has 5 nitrogen and oxygen atoms in total. The molecule has 2 aromatic carbocycles. The molecule has 0 atom stereocenters. The van der Waals surface area contributed by atoms with Crippen molar-refractivity contribution in [1.29, 1.82) is 5.26 Å². The van der Waals surface area contributed by atoms with Gasteiger partial charge in [-0.15, -0.1) is 0 Å². The summed E-state index contributed by atoms with van der Waals surface area (Å²) in [5.41, 5.74) is 1.36. The van der Waals surface area contributed by atoms with Crippen LogP contribution in [0.1, 0.15) is 18.1 Å². The van der Waals surface area contributed by atoms with Gasteiger partial charge in [0.05, 0.1) is 12.2 Å². The fraction of sp³-hybridized carbons (Fsp3) is 0.188. The summed E-state index contributed by atoms with van der Waals surface area (Å²) in [5.74, 6) is 0.711. The van der Waals surface area contributed by atoms with E-state index in [-0.39, 0.29) is 10.5 Å². The van der Waals surface area contributed by atoms with Crippen molar-refractivity contribution in [3.05, 3.63) is 53.6 Å². The number of ether oxygens (including phenoxy) is 1. The van der Waals surface area contributed by atoms with Gasteiger partial charge in [0.2, 0.25) is 0 Å². The zero-order valence-electron chi connectivity index (χ0n) is 12.3. The van der Waals surface area contributed by atoms with E-state index in [1.165, 1.54) is 12.1 Å². The average Bonchev–Trinajstić information content (AvgIpc) is 2.50. The van der Waals surface area contributed by atoms with Crippen LogP contribution >= 0.6 is 0 Å². The van der Waals surface area contributed by atoms with Crippen molar-refractivity contribution in [2.75, 3.05) is 11.3 Å². The van der Waals surface area contributed by atoms with Crippen LogP contribution in [0.3, 0.4) is 0 Å². The predicted molar refractivity (Wildman–Crippen MR) is 84.3 cm³/mol. The molecule has 2 rings (SSSR count). The smallest absolute Gasteiger partial charge is 0.263 e. The number of rotatable bonds is 5. The molecule has 0 fully saturated rings. The maximum Gasteiger partial charge on any atom is 0.263 e. The fourth-order valence-corrected chi connectivity index (χ4v) is 3.24. The van der Waals surface area contributed by atoms with Gasteiger partial charge in [0, 0.05) is 5.69 Å². The second-order valence-corrected chi connectivity index (χ2v) is 6.28. The van der Waals surface area contributed by atoms with Gasteiger partial charge in [0.1, 0.15) is 16.7 Å². The van der Waals surface area contributed by atoms with Crippen LogP contribution in [0.4, 0.5) is 5.69 Å². The first-order valence-corrected chi connectivity index (χ1v) is 8.21. The Morgan fingerprint density at radius 2 is 1.95 bits per heavy atom. The summed E-state index contributed by atoms with van der Waals surface area (Å²) in [6, 6.07) is 13.0. The lowest BCUT2D eigenvalue weighted by Gasteiger charge is -2.12. The first-order valence-electron chi connectivity index (χ1n) is 6.73. The van der Waals surface area contributed by atoms with Gasteiger partial charge in [-0.05, 0) is 49.7 Å². The highest BCUT2D eigenvalue weighted by atomic mass is 32.2. The highest BCUT2D eigenvalue weighted by molar-refractivity contribution is 7.92. The van der Waals surface area contributed by atoms with E-state index < -0.39 is 10.0 Å². The molecule has 0 saturated carbocycles. The number of sulfonamides is 1. The molecule has 0 aliphatic carbocycles. The summed E-state index contributed by atoms with van der Waals surface area (Å²) in [4.78, 5) is -0.0379. The Balaban J connectivity index is 2.33. The van der Waals surface area contributed by atoms with E-state index in [4.69, 9.17) is 10.00 Å². The van der Waals surface area contributed by atoms with Crippen molar-refractivity contribution < 1.29 is 13.2 Å². The van der Waals surface area contributed by atoms with Gasteiger partial charge in [0.25, 0.3) is 10.0 Å². The number of nitrogens with zero attached hydrogens (tertiary/aromatic N) is 1. The Labute approximate surface area is 130 Å². The molecule has 0 heterocycles. The van der Waals surface area contributed by atoms with Gasteiger partial charge in [-0.2, -0.15) is 5.26 Å². The molecule has 6 heteroatoms. The van der Waals surface area contributed by atoms with Crippen LogP contribution in [0.2, 0.25) is 0 Å². The van der Waals surface area contributed by atoms with Gasteiger partial charge in [0.15, 0.2) is 0 Å². The maximum atomic E-state index is 12.4. The molecule has 0 aliphatic rings. The molecule has 0 radical (unpaired) electrons. The molecule has 0 amide bonds. The van der Waals surface area contributed by atoms with E-state index in [1.807, 2.05) is 19.9 Å². The molecule has 0 aliphatic heterocycles. The molecule has 0 spiro atoms. The van der Waals surface area contributed by atoms with Gasteiger partial charge in [-0.3, -0.25) is 4.72 Å². The SMILES string of the molecule is CCOc1ccc(NS(=O)(=O)c2ccccc2C#N)cc1C. The minimum absolute atomic E-state index is 0.0379. The van der Waals surface area contributed by atoms with Crippen molar-refractivity contribution in [3.8, 4) is 11.8 Å². The number of nitrogens with one attached hydrogen (secondary N) is 1. The molecular weight excluding hydrogens is 300 g/mol. The number of benzene rings is 2. The lowest BCUT2D eigenvalue weighted by atomic mass is 10.2. The third kappa shape index (κ3) is 3.38. The third-order valence-corrected chi connectivity index (χ3v) is 4.46. The summed E-state index contributed by atoms with van der Waals surface area (Å²) in [5, 5.41) is 9.03.